The summed E-state index contributed by atoms with van der Waals surface area (Å²) in [6, 6.07) is 25.3. The molecule has 2 aliphatic rings. The maximum Gasteiger partial charge on any atom is 0.303 e. The third-order valence-corrected chi connectivity index (χ3v) is 11.6. The summed E-state index contributed by atoms with van der Waals surface area (Å²) in [5, 5.41) is 14.4. The molecule has 0 bridgehead atoms. The van der Waals surface area contributed by atoms with Gasteiger partial charge in [0.2, 0.25) is 5.69 Å². The second-order valence-electron chi connectivity index (χ2n) is 15.0. The van der Waals surface area contributed by atoms with Gasteiger partial charge in [-0.05, 0) is 84.2 Å². The van der Waals surface area contributed by atoms with Crippen LogP contribution < -0.4 is 4.90 Å². The number of carbonyl (C=O) groups is 1. The molecule has 0 unspecified atom stereocenters. The molecule has 4 aromatic rings. The summed E-state index contributed by atoms with van der Waals surface area (Å²) >= 11 is 6.79. The largest absolute Gasteiger partial charge is 0.481 e. The van der Waals surface area contributed by atoms with Crippen molar-refractivity contribution in [3.05, 3.63) is 131 Å². The number of fused-ring (bicyclic) bond motifs is 6. The molecule has 7 nitrogen and oxygen atoms in total. The number of carboxylic acids is 1. The molecule has 0 aliphatic carbocycles. The summed E-state index contributed by atoms with van der Waals surface area (Å²) in [4.78, 5) is 13.5. The molecule has 0 radical (unpaired) electrons. The van der Waals surface area contributed by atoms with Gasteiger partial charge < -0.3 is 10.0 Å². The molecule has 0 spiro atoms. The SMILES string of the molecule is CC1(C)C(/C=C/C=C(Cl)/C=C/C=C2\N(CCCCCC(=O)O)c3ccc4ccccc4c3C2(C)C)=[N+](CCCS(=O)(=O)O)c2ccc3ccccc3c21. The van der Waals surface area contributed by atoms with Crippen molar-refractivity contribution in [3.8, 4) is 0 Å². The first-order valence-electron chi connectivity index (χ1n) is 18.3. The number of rotatable bonds is 14. The smallest absolute Gasteiger partial charge is 0.303 e. The van der Waals surface area contributed by atoms with Crippen LogP contribution in [0.4, 0.5) is 11.4 Å². The third-order valence-electron chi connectivity index (χ3n) is 10.6. The summed E-state index contributed by atoms with van der Waals surface area (Å²) in [5.41, 5.74) is 6.21. The third kappa shape index (κ3) is 8.05. The number of aliphatic carboxylic acids is 1. The number of unbranched alkanes of at least 4 members (excludes halogenated alkanes) is 2. The van der Waals surface area contributed by atoms with E-state index < -0.39 is 16.1 Å². The Morgan fingerprint density at radius 1 is 0.830 bits per heavy atom. The van der Waals surface area contributed by atoms with Crippen LogP contribution in [0.5, 0.6) is 0 Å². The fourth-order valence-electron chi connectivity index (χ4n) is 8.20. The number of benzene rings is 4. The molecule has 2 N–H and O–H groups in total. The van der Waals surface area contributed by atoms with Crippen molar-refractivity contribution < 1.29 is 27.4 Å². The Morgan fingerprint density at radius 2 is 1.49 bits per heavy atom. The van der Waals surface area contributed by atoms with Gasteiger partial charge in [0.1, 0.15) is 6.54 Å². The zero-order valence-electron chi connectivity index (χ0n) is 30.8. The van der Waals surface area contributed by atoms with Gasteiger partial charge >= 0.3 is 5.97 Å². The minimum absolute atomic E-state index is 0.185. The van der Waals surface area contributed by atoms with Crippen LogP contribution in [0.1, 0.15) is 70.9 Å². The number of allylic oxidation sites excluding steroid dienone is 8. The Kier molecular flexibility index (Phi) is 11.2. The lowest BCUT2D eigenvalue weighted by molar-refractivity contribution is -0.437. The van der Waals surface area contributed by atoms with Crippen LogP contribution >= 0.6 is 11.6 Å². The van der Waals surface area contributed by atoms with E-state index in [1.54, 1.807) is 0 Å². The van der Waals surface area contributed by atoms with Gasteiger partial charge in [-0.1, -0.05) is 98.6 Å². The van der Waals surface area contributed by atoms with E-state index in [2.05, 4.69) is 104 Å². The molecule has 0 fully saturated rings. The van der Waals surface area contributed by atoms with Crippen LogP contribution in [0.3, 0.4) is 0 Å². The number of anilines is 1. The van der Waals surface area contributed by atoms with Crippen molar-refractivity contribution in [1.29, 1.82) is 0 Å². The molecule has 6 rings (SSSR count). The number of carboxylic acid groups (broad SMARTS) is 1. The Morgan fingerprint density at radius 3 is 2.17 bits per heavy atom. The van der Waals surface area contributed by atoms with Crippen molar-refractivity contribution in [2.24, 2.45) is 0 Å². The fraction of sp³-hybridized carbons (Fsp3) is 0.318. The van der Waals surface area contributed by atoms with Crippen molar-refractivity contribution in [2.45, 2.75) is 70.6 Å². The Labute approximate surface area is 318 Å². The van der Waals surface area contributed by atoms with Gasteiger partial charge in [0.05, 0.1) is 11.2 Å². The minimum Gasteiger partial charge on any atom is -0.481 e. The lowest BCUT2D eigenvalue weighted by Crippen LogP contribution is -2.28. The van der Waals surface area contributed by atoms with E-state index in [-0.39, 0.29) is 29.4 Å². The summed E-state index contributed by atoms with van der Waals surface area (Å²) in [5.74, 6) is -1.07. The normalized spacial score (nSPS) is 17.6. The molecule has 4 aromatic carbocycles. The van der Waals surface area contributed by atoms with Gasteiger partial charge in [-0.3, -0.25) is 9.35 Å². The highest BCUT2D eigenvalue weighted by molar-refractivity contribution is 7.85. The average Bonchev–Trinajstić information content (AvgIpc) is 3.46. The second kappa shape index (κ2) is 15.5. The standard InChI is InChI=1S/C44H47ClN2O5S/c1-43(2)38(46(28-11-5-6-23-40(48)49)36-26-24-31-15-7-9-19-34(31)41(36)43)21-12-17-33(45)18-13-22-39-44(3,4)42-35-20-10-8-16-32(35)25-27-37(42)47(39)29-14-30-53(50,51)52/h7-10,12-13,15-22,24-27H,5-6,11,14,23,28-30H2,1-4H3,(H-,48,49,50,51,52)/p+1. The first-order valence-corrected chi connectivity index (χ1v) is 20.3. The van der Waals surface area contributed by atoms with Crippen LogP contribution in [-0.2, 0) is 25.7 Å². The molecule has 0 aromatic heterocycles. The molecule has 0 saturated heterocycles. The summed E-state index contributed by atoms with van der Waals surface area (Å²) < 4.78 is 34.7. The monoisotopic (exact) mass is 751 g/mol. The van der Waals surface area contributed by atoms with Gasteiger partial charge in [0, 0.05) is 58.9 Å². The highest BCUT2D eigenvalue weighted by atomic mass is 35.5. The first kappa shape index (κ1) is 38.2. The van der Waals surface area contributed by atoms with Crippen LogP contribution in [-0.4, -0.2) is 53.2 Å². The maximum absolute atomic E-state index is 11.6. The lowest BCUT2D eigenvalue weighted by Gasteiger charge is -2.27. The van der Waals surface area contributed by atoms with Crippen LogP contribution in [0.25, 0.3) is 21.5 Å². The van der Waals surface area contributed by atoms with Crippen molar-refractivity contribution in [2.75, 3.05) is 23.7 Å². The summed E-state index contributed by atoms with van der Waals surface area (Å²) in [6.07, 6.45) is 14.7. The van der Waals surface area contributed by atoms with E-state index >= 15 is 0 Å². The molecular weight excluding hydrogens is 704 g/mol. The van der Waals surface area contributed by atoms with Gasteiger partial charge in [0.25, 0.3) is 10.1 Å². The first-order chi connectivity index (χ1) is 25.2. The van der Waals surface area contributed by atoms with Crippen molar-refractivity contribution in [1.82, 2.24) is 0 Å². The Hall–Kier alpha value is -4.50. The molecule has 0 amide bonds. The van der Waals surface area contributed by atoms with Crippen molar-refractivity contribution >= 4 is 66.3 Å². The van der Waals surface area contributed by atoms with E-state index in [0.29, 0.717) is 18.0 Å². The van der Waals surface area contributed by atoms with E-state index in [4.69, 9.17) is 16.7 Å². The van der Waals surface area contributed by atoms with E-state index in [1.807, 2.05) is 42.5 Å². The van der Waals surface area contributed by atoms with E-state index in [9.17, 15) is 17.8 Å². The zero-order valence-corrected chi connectivity index (χ0v) is 32.4. The Balaban J connectivity index is 1.28. The van der Waals surface area contributed by atoms with Gasteiger partial charge in [0.15, 0.2) is 5.71 Å². The molecule has 276 valence electrons. The number of nitrogens with zero attached hydrogens (tertiary/aromatic N) is 2. The molecule has 2 aliphatic heterocycles. The molecule has 0 saturated carbocycles. The summed E-state index contributed by atoms with van der Waals surface area (Å²) in [6.45, 7) is 10.1. The van der Waals surface area contributed by atoms with Crippen LogP contribution in [0.15, 0.2) is 120 Å². The van der Waals surface area contributed by atoms with E-state index in [1.165, 1.54) is 27.6 Å². The summed E-state index contributed by atoms with van der Waals surface area (Å²) in [7, 11) is -4.08. The zero-order chi connectivity index (χ0) is 38.0. The maximum atomic E-state index is 11.6. The average molecular weight is 752 g/mol. The predicted octanol–water partition coefficient (Wildman–Crippen LogP) is 10.2. The second-order valence-corrected chi connectivity index (χ2v) is 17.0. The molecule has 9 heteroatoms. The molecular formula is C44H48ClN2O5S+. The van der Waals surface area contributed by atoms with Crippen LogP contribution in [0.2, 0.25) is 0 Å². The quantitative estimate of drug-likeness (QED) is 0.0576. The number of hydrogen-bond donors (Lipinski definition) is 2. The minimum atomic E-state index is -4.08. The van der Waals surface area contributed by atoms with Gasteiger partial charge in [-0.25, -0.2) is 0 Å². The van der Waals surface area contributed by atoms with Crippen LogP contribution in [0, 0.1) is 0 Å². The highest BCUT2D eigenvalue weighted by Gasteiger charge is 2.45. The van der Waals surface area contributed by atoms with Gasteiger partial charge in [-0.15, -0.1) is 0 Å². The molecule has 0 atom stereocenters. The van der Waals surface area contributed by atoms with Crippen molar-refractivity contribution in [3.63, 3.8) is 0 Å². The topological polar surface area (TPSA) is 97.9 Å². The lowest BCUT2D eigenvalue weighted by atomic mass is 9.79. The van der Waals surface area contributed by atoms with E-state index in [0.717, 1.165) is 47.3 Å². The fourth-order valence-corrected chi connectivity index (χ4v) is 8.84. The number of halogens is 1. The Bertz CT molecular complexity index is 2330. The molecule has 53 heavy (non-hydrogen) atoms. The highest BCUT2D eigenvalue weighted by Crippen LogP contribution is 2.51. The predicted molar refractivity (Wildman–Crippen MR) is 219 cm³/mol. The van der Waals surface area contributed by atoms with Gasteiger partial charge in [-0.2, -0.15) is 13.0 Å². The number of hydrogen-bond acceptors (Lipinski definition) is 4. The molecule has 2 heterocycles.